The highest BCUT2D eigenvalue weighted by Crippen LogP contribution is 2.76. The molecule has 2 heterocycles. The molecule has 1 aliphatic carbocycles. The summed E-state index contributed by atoms with van der Waals surface area (Å²) in [6.07, 6.45) is -2.27. The smallest absolute Gasteiger partial charge is 0.342 e. The van der Waals surface area contributed by atoms with Crippen LogP contribution >= 0.6 is 0 Å². The van der Waals surface area contributed by atoms with E-state index in [2.05, 4.69) is 0 Å². The van der Waals surface area contributed by atoms with Gasteiger partial charge in [0.15, 0.2) is 16.8 Å². The Hall–Kier alpha value is -3.81. The van der Waals surface area contributed by atoms with E-state index in [1.165, 1.54) is 0 Å². The van der Waals surface area contributed by atoms with Crippen molar-refractivity contribution in [3.05, 3.63) is 144 Å². The highest BCUT2D eigenvalue weighted by atomic mass is 16.7. The largest absolute Gasteiger partial charge is 0.450 e. The average Bonchev–Trinajstić information content (AvgIpc) is 3.14. The molecule has 2 aliphatic heterocycles. The first-order valence-electron chi connectivity index (χ1n) is 13.6. The summed E-state index contributed by atoms with van der Waals surface area (Å²) in [5.41, 5.74) is -5.48. The van der Waals surface area contributed by atoms with Crippen molar-refractivity contribution in [3.63, 3.8) is 0 Å². The van der Waals surface area contributed by atoms with Gasteiger partial charge in [0.2, 0.25) is 5.60 Å². The second-order valence-electron chi connectivity index (χ2n) is 11.1. The summed E-state index contributed by atoms with van der Waals surface area (Å²) in [6.45, 7) is 0. The molecule has 0 amide bonds. The quantitative estimate of drug-likeness (QED) is 0.332. The van der Waals surface area contributed by atoms with Crippen LogP contribution < -0.4 is 0 Å². The molecule has 40 heavy (non-hydrogen) atoms. The third-order valence-corrected chi connectivity index (χ3v) is 9.23. The van der Waals surface area contributed by atoms with Gasteiger partial charge in [-0.05, 0) is 28.7 Å². The number of hydrogen-bond acceptors (Lipinski definition) is 6. The minimum atomic E-state index is -2.32. The number of rotatable bonds is 5. The molecule has 3 fully saturated rings. The predicted octanol–water partition coefficient (Wildman–Crippen LogP) is 4.20. The van der Waals surface area contributed by atoms with Crippen LogP contribution in [0, 0.1) is 0 Å². The van der Waals surface area contributed by atoms with Crippen molar-refractivity contribution in [2.45, 2.75) is 53.4 Å². The number of hydrogen-bond donors (Lipinski definition) is 3. The van der Waals surface area contributed by atoms with Crippen molar-refractivity contribution in [1.82, 2.24) is 0 Å². The molecular formula is C34H30O6. The second-order valence-corrected chi connectivity index (χ2v) is 11.1. The lowest BCUT2D eigenvalue weighted by molar-refractivity contribution is -0.446. The van der Waals surface area contributed by atoms with Gasteiger partial charge in [0, 0.05) is 12.3 Å². The Morgan fingerprint density at radius 1 is 0.725 bits per heavy atom. The normalized spacial score (nSPS) is 36.2. The van der Waals surface area contributed by atoms with E-state index >= 15 is 0 Å². The van der Waals surface area contributed by atoms with Crippen molar-refractivity contribution < 1.29 is 29.6 Å². The molecule has 6 nitrogen and oxygen atoms in total. The summed E-state index contributed by atoms with van der Waals surface area (Å²) in [7, 11) is 0. The van der Waals surface area contributed by atoms with Crippen molar-refractivity contribution >= 4 is 5.97 Å². The topological polar surface area (TPSA) is 96.2 Å². The summed E-state index contributed by atoms with van der Waals surface area (Å²) < 4.78 is 13.2. The molecule has 6 heteroatoms. The molecule has 3 aliphatic rings. The van der Waals surface area contributed by atoms with Gasteiger partial charge in [0.1, 0.15) is 6.10 Å². The molecule has 0 aromatic heterocycles. The molecule has 0 bridgehead atoms. The standard InChI is InChI=1S/C34H30O6/c35-28-21-27(24-15-7-2-8-16-24)33-29(25-17-9-3-10-18-25)39-34(33,32(28,38)26-19-11-4-12-20-26)31(37,30(36)40-33)22-23-13-5-1-6-14-23/h1-20,27-29,35,37-38H,21-22H2/t27-,28+,29?,31-,32-,33+,34-/m1/s1. The Labute approximate surface area is 232 Å². The lowest BCUT2D eigenvalue weighted by Gasteiger charge is -2.71. The van der Waals surface area contributed by atoms with Gasteiger partial charge in [-0.25, -0.2) is 4.79 Å². The van der Waals surface area contributed by atoms with Gasteiger partial charge in [0.25, 0.3) is 0 Å². The van der Waals surface area contributed by atoms with Gasteiger partial charge in [-0.1, -0.05) is 121 Å². The molecule has 202 valence electrons. The van der Waals surface area contributed by atoms with Crippen LogP contribution in [0.1, 0.15) is 40.7 Å². The van der Waals surface area contributed by atoms with Gasteiger partial charge in [-0.3, -0.25) is 0 Å². The Morgan fingerprint density at radius 2 is 1.25 bits per heavy atom. The maximum Gasteiger partial charge on any atom is 0.342 e. The van der Waals surface area contributed by atoms with E-state index in [0.29, 0.717) is 11.1 Å². The fourth-order valence-electron chi connectivity index (χ4n) is 7.60. The fraction of sp³-hybridized carbons (Fsp3) is 0.265. The van der Waals surface area contributed by atoms with E-state index in [9.17, 15) is 20.1 Å². The third-order valence-electron chi connectivity index (χ3n) is 9.23. The van der Waals surface area contributed by atoms with Crippen LogP contribution in [0.3, 0.4) is 0 Å². The van der Waals surface area contributed by atoms with Gasteiger partial charge < -0.3 is 24.8 Å². The predicted molar refractivity (Wildman–Crippen MR) is 147 cm³/mol. The first-order chi connectivity index (χ1) is 19.4. The highest BCUT2D eigenvalue weighted by molar-refractivity contribution is 5.88. The molecule has 4 aromatic rings. The number of carbonyl (C=O) groups excluding carboxylic acids is 1. The van der Waals surface area contributed by atoms with Gasteiger partial charge in [0.05, 0.1) is 6.10 Å². The van der Waals surface area contributed by atoms with Gasteiger partial charge >= 0.3 is 5.97 Å². The molecule has 7 rings (SSSR count). The number of aliphatic hydroxyl groups is 3. The lowest BCUT2D eigenvalue weighted by Crippen LogP contribution is -2.88. The highest BCUT2D eigenvalue weighted by Gasteiger charge is 2.95. The first-order valence-corrected chi connectivity index (χ1v) is 13.6. The Kier molecular flexibility index (Phi) is 5.57. The van der Waals surface area contributed by atoms with E-state index in [1.54, 1.807) is 30.3 Å². The molecule has 2 saturated heterocycles. The SMILES string of the molecule is O=C1O[C@@]23C(c4ccccc4)O[C@]2([C@@]1(O)Cc1ccccc1)[C@@](O)(c1ccccc1)[C@@H](O)C[C@@H]3c1ccccc1. The average molecular weight is 535 g/mol. The number of aliphatic hydroxyl groups excluding tert-OH is 1. The Balaban J connectivity index is 1.54. The van der Waals surface area contributed by atoms with E-state index < -0.39 is 46.5 Å². The third kappa shape index (κ3) is 2.99. The van der Waals surface area contributed by atoms with Crippen LogP contribution in [-0.2, 0) is 26.3 Å². The van der Waals surface area contributed by atoms with E-state index in [4.69, 9.17) is 9.47 Å². The number of esters is 1. The summed E-state index contributed by atoms with van der Waals surface area (Å²) in [6, 6.07) is 36.8. The van der Waals surface area contributed by atoms with Crippen molar-refractivity contribution in [2.75, 3.05) is 0 Å². The summed E-state index contributed by atoms with van der Waals surface area (Å²) in [5.74, 6) is -1.46. The number of ether oxygens (including phenoxy) is 2. The molecule has 0 radical (unpaired) electrons. The van der Waals surface area contributed by atoms with Crippen LogP contribution in [0.5, 0.6) is 0 Å². The van der Waals surface area contributed by atoms with Crippen molar-refractivity contribution in [1.29, 1.82) is 0 Å². The van der Waals surface area contributed by atoms with E-state index in [1.807, 2.05) is 91.0 Å². The lowest BCUT2D eigenvalue weighted by atomic mass is 9.45. The first kappa shape index (κ1) is 25.2. The van der Waals surface area contributed by atoms with Gasteiger partial charge in [-0.2, -0.15) is 0 Å². The van der Waals surface area contributed by atoms with E-state index in [-0.39, 0.29) is 12.8 Å². The van der Waals surface area contributed by atoms with Crippen LogP contribution in [0.25, 0.3) is 0 Å². The maximum absolute atomic E-state index is 14.2. The second kappa shape index (κ2) is 8.85. The monoisotopic (exact) mass is 534 g/mol. The Morgan fingerprint density at radius 3 is 1.85 bits per heavy atom. The number of carbonyl (C=O) groups is 1. The zero-order chi connectivity index (χ0) is 27.6. The fourth-order valence-corrected chi connectivity index (χ4v) is 7.60. The minimum Gasteiger partial charge on any atom is -0.450 e. The van der Waals surface area contributed by atoms with Crippen LogP contribution in [0.15, 0.2) is 121 Å². The van der Waals surface area contributed by atoms with Crippen molar-refractivity contribution in [3.8, 4) is 0 Å². The van der Waals surface area contributed by atoms with E-state index in [0.717, 1.165) is 11.1 Å². The molecule has 4 aromatic carbocycles. The van der Waals surface area contributed by atoms with Crippen LogP contribution in [0.2, 0.25) is 0 Å². The summed E-state index contributed by atoms with van der Waals surface area (Å²) >= 11 is 0. The molecule has 0 spiro atoms. The zero-order valence-corrected chi connectivity index (χ0v) is 21.8. The summed E-state index contributed by atoms with van der Waals surface area (Å²) in [5, 5.41) is 37.4. The van der Waals surface area contributed by atoms with Crippen molar-refractivity contribution in [2.24, 2.45) is 0 Å². The molecule has 1 unspecified atom stereocenters. The molecular weight excluding hydrogens is 504 g/mol. The molecule has 1 saturated carbocycles. The number of benzene rings is 4. The summed E-state index contributed by atoms with van der Waals surface area (Å²) in [4.78, 5) is 14.2. The Bertz CT molecular complexity index is 1530. The zero-order valence-electron chi connectivity index (χ0n) is 21.8. The molecule has 7 atom stereocenters. The minimum absolute atomic E-state index is 0.0819. The maximum atomic E-state index is 14.2. The van der Waals surface area contributed by atoms with Crippen LogP contribution in [0.4, 0.5) is 0 Å². The van der Waals surface area contributed by atoms with Crippen LogP contribution in [-0.4, -0.2) is 44.2 Å². The molecule has 3 N–H and O–H groups in total. The van der Waals surface area contributed by atoms with Gasteiger partial charge in [-0.15, -0.1) is 0 Å².